The molecule has 0 fully saturated rings. The summed E-state index contributed by atoms with van der Waals surface area (Å²) in [5.74, 6) is -2.08. The number of benzene rings is 1. The average Bonchev–Trinajstić information content (AvgIpc) is 3.08. The molecule has 9 nitrogen and oxygen atoms in total. The summed E-state index contributed by atoms with van der Waals surface area (Å²) in [6, 6.07) is 5.15. The van der Waals surface area contributed by atoms with Gasteiger partial charge in [0.15, 0.2) is 5.71 Å². The fourth-order valence-electron chi connectivity index (χ4n) is 2.63. The number of nitrogens with one attached hydrogen (secondary N) is 1. The van der Waals surface area contributed by atoms with Crippen molar-refractivity contribution in [1.82, 2.24) is 15.7 Å². The SMILES string of the molecule is COC(=O)C1=NNC(C)=C(C(=O)OC)C1c1cccc2nonc12. The number of ether oxygens (including phenoxy) is 2. The third-order valence-electron chi connectivity index (χ3n) is 3.74. The first kappa shape index (κ1) is 15.7. The molecule has 1 aliphatic rings. The van der Waals surface area contributed by atoms with Gasteiger partial charge in [-0.3, -0.25) is 5.43 Å². The number of fused-ring (bicyclic) bond motifs is 1. The largest absolute Gasteiger partial charge is 0.466 e. The predicted molar refractivity (Wildman–Crippen MR) is 81.8 cm³/mol. The van der Waals surface area contributed by atoms with Crippen LogP contribution in [-0.2, 0) is 19.1 Å². The Hall–Kier alpha value is -3.23. The van der Waals surface area contributed by atoms with Crippen LogP contribution in [0.2, 0.25) is 0 Å². The summed E-state index contributed by atoms with van der Waals surface area (Å²) in [5, 5.41) is 11.7. The van der Waals surface area contributed by atoms with E-state index < -0.39 is 17.9 Å². The van der Waals surface area contributed by atoms with Crippen LogP contribution in [0.15, 0.2) is 39.2 Å². The van der Waals surface area contributed by atoms with Gasteiger partial charge in [-0.15, -0.1) is 0 Å². The van der Waals surface area contributed by atoms with Gasteiger partial charge in [0.1, 0.15) is 11.0 Å². The Morgan fingerprint density at radius 1 is 1.17 bits per heavy atom. The van der Waals surface area contributed by atoms with Gasteiger partial charge in [-0.25, -0.2) is 14.2 Å². The molecule has 0 saturated carbocycles. The fraction of sp³-hybridized carbons (Fsp3) is 0.267. The van der Waals surface area contributed by atoms with Crippen molar-refractivity contribution in [2.75, 3.05) is 14.2 Å². The molecule has 2 heterocycles. The summed E-state index contributed by atoms with van der Waals surface area (Å²) in [4.78, 5) is 24.5. The van der Waals surface area contributed by atoms with Crippen molar-refractivity contribution in [2.45, 2.75) is 12.8 Å². The Balaban J connectivity index is 2.25. The van der Waals surface area contributed by atoms with Crippen LogP contribution in [0.25, 0.3) is 11.0 Å². The maximum atomic E-state index is 12.3. The minimum Gasteiger partial charge on any atom is -0.466 e. The molecule has 0 saturated heterocycles. The van der Waals surface area contributed by atoms with E-state index in [1.807, 2.05) is 0 Å². The Labute approximate surface area is 136 Å². The molecule has 9 heteroatoms. The Morgan fingerprint density at radius 3 is 2.62 bits per heavy atom. The monoisotopic (exact) mass is 330 g/mol. The Morgan fingerprint density at radius 2 is 1.92 bits per heavy atom. The smallest absolute Gasteiger partial charge is 0.355 e. The third-order valence-corrected chi connectivity index (χ3v) is 3.74. The van der Waals surface area contributed by atoms with E-state index in [9.17, 15) is 9.59 Å². The Kier molecular flexibility index (Phi) is 3.98. The van der Waals surface area contributed by atoms with Crippen molar-refractivity contribution in [3.63, 3.8) is 0 Å². The molecule has 0 amide bonds. The number of aromatic nitrogens is 2. The van der Waals surface area contributed by atoms with E-state index >= 15 is 0 Å². The van der Waals surface area contributed by atoms with Crippen LogP contribution in [0.1, 0.15) is 18.4 Å². The van der Waals surface area contributed by atoms with Crippen LogP contribution in [0.3, 0.4) is 0 Å². The number of carbonyl (C=O) groups is 2. The lowest BCUT2D eigenvalue weighted by Crippen LogP contribution is -2.35. The highest BCUT2D eigenvalue weighted by atomic mass is 16.6. The molecule has 1 N–H and O–H groups in total. The lowest BCUT2D eigenvalue weighted by Gasteiger charge is -2.25. The lowest BCUT2D eigenvalue weighted by molar-refractivity contribution is -0.136. The van der Waals surface area contributed by atoms with Gasteiger partial charge in [-0.05, 0) is 28.9 Å². The Bertz CT molecular complexity index is 883. The van der Waals surface area contributed by atoms with E-state index in [2.05, 4.69) is 20.8 Å². The van der Waals surface area contributed by atoms with Gasteiger partial charge in [0.05, 0.1) is 25.7 Å². The van der Waals surface area contributed by atoms with Crippen molar-refractivity contribution in [2.24, 2.45) is 5.10 Å². The molecule has 1 atom stereocenters. The minimum absolute atomic E-state index is 0.0130. The number of hydrogen-bond acceptors (Lipinski definition) is 9. The van der Waals surface area contributed by atoms with Crippen molar-refractivity contribution in [1.29, 1.82) is 0 Å². The van der Waals surface area contributed by atoms with E-state index in [0.717, 1.165) is 0 Å². The molecule has 0 radical (unpaired) electrons. The van der Waals surface area contributed by atoms with Gasteiger partial charge >= 0.3 is 11.9 Å². The van der Waals surface area contributed by atoms with E-state index in [1.54, 1.807) is 25.1 Å². The second-order valence-corrected chi connectivity index (χ2v) is 5.04. The van der Waals surface area contributed by atoms with Crippen LogP contribution < -0.4 is 5.43 Å². The molecule has 0 spiro atoms. The highest BCUT2D eigenvalue weighted by Crippen LogP contribution is 2.34. The number of hydrazone groups is 1. The first-order chi connectivity index (χ1) is 11.6. The zero-order valence-corrected chi connectivity index (χ0v) is 13.2. The summed E-state index contributed by atoms with van der Waals surface area (Å²) >= 11 is 0. The van der Waals surface area contributed by atoms with Gasteiger partial charge in [0.25, 0.3) is 0 Å². The van der Waals surface area contributed by atoms with Crippen molar-refractivity contribution >= 4 is 28.7 Å². The van der Waals surface area contributed by atoms with Crippen molar-refractivity contribution in [3.05, 3.63) is 35.0 Å². The number of allylic oxidation sites excluding steroid dienone is 1. The van der Waals surface area contributed by atoms with Crippen molar-refractivity contribution in [3.8, 4) is 0 Å². The van der Waals surface area contributed by atoms with Gasteiger partial charge in [0, 0.05) is 5.70 Å². The summed E-state index contributed by atoms with van der Waals surface area (Å²) in [6.45, 7) is 1.66. The van der Waals surface area contributed by atoms with Crippen LogP contribution in [0.4, 0.5) is 0 Å². The predicted octanol–water partition coefficient (Wildman–Crippen LogP) is 0.886. The zero-order chi connectivity index (χ0) is 17.3. The van der Waals surface area contributed by atoms with Crippen LogP contribution >= 0.6 is 0 Å². The van der Waals surface area contributed by atoms with Gasteiger partial charge in [-0.1, -0.05) is 12.1 Å². The molecule has 1 aromatic carbocycles. The first-order valence-electron chi connectivity index (χ1n) is 7.00. The number of methoxy groups -OCH3 is 2. The van der Waals surface area contributed by atoms with E-state index in [-0.39, 0.29) is 11.3 Å². The van der Waals surface area contributed by atoms with Crippen molar-refractivity contribution < 1.29 is 23.7 Å². The number of esters is 2. The summed E-state index contributed by atoms with van der Waals surface area (Å²) < 4.78 is 14.4. The first-order valence-corrected chi connectivity index (χ1v) is 7.00. The topological polar surface area (TPSA) is 116 Å². The molecule has 3 rings (SSSR count). The molecule has 124 valence electrons. The number of carbonyl (C=O) groups excluding carboxylic acids is 2. The van der Waals surface area contributed by atoms with Gasteiger partial charge < -0.3 is 9.47 Å². The summed E-state index contributed by atoms with van der Waals surface area (Å²) in [7, 11) is 2.50. The molecule has 0 bridgehead atoms. The summed E-state index contributed by atoms with van der Waals surface area (Å²) in [6.07, 6.45) is 0. The molecule has 1 aliphatic heterocycles. The molecule has 0 aliphatic carbocycles. The fourth-order valence-corrected chi connectivity index (χ4v) is 2.63. The van der Waals surface area contributed by atoms with E-state index in [4.69, 9.17) is 14.1 Å². The van der Waals surface area contributed by atoms with Crippen LogP contribution in [-0.4, -0.2) is 42.2 Å². The highest BCUT2D eigenvalue weighted by molar-refractivity contribution is 6.40. The molecular formula is C15H14N4O5. The molecular weight excluding hydrogens is 316 g/mol. The quantitative estimate of drug-likeness (QED) is 0.825. The van der Waals surface area contributed by atoms with E-state index in [0.29, 0.717) is 22.3 Å². The second-order valence-electron chi connectivity index (χ2n) is 5.04. The van der Waals surface area contributed by atoms with Crippen LogP contribution in [0.5, 0.6) is 0 Å². The molecule has 2 aromatic rings. The third kappa shape index (κ3) is 2.39. The maximum Gasteiger partial charge on any atom is 0.355 e. The van der Waals surface area contributed by atoms with Gasteiger partial charge in [-0.2, -0.15) is 5.10 Å². The average molecular weight is 330 g/mol. The number of rotatable bonds is 3. The number of hydrogen-bond donors (Lipinski definition) is 1. The van der Waals surface area contributed by atoms with E-state index in [1.165, 1.54) is 14.2 Å². The normalized spacial score (nSPS) is 17.3. The van der Waals surface area contributed by atoms with Crippen LogP contribution in [0, 0.1) is 0 Å². The molecule has 1 unspecified atom stereocenters. The maximum absolute atomic E-state index is 12.3. The standard InChI is InChI=1S/C15H14N4O5/c1-7-10(14(20)22-2)11(13(17-16-7)15(21)23-3)8-5-4-6-9-12(8)19-24-18-9/h4-6,11,16H,1-3H3. The zero-order valence-electron chi connectivity index (χ0n) is 13.2. The second kappa shape index (κ2) is 6.11. The molecule has 1 aromatic heterocycles. The summed E-state index contributed by atoms with van der Waals surface area (Å²) in [5.41, 5.74) is 4.84. The lowest BCUT2D eigenvalue weighted by atomic mass is 9.84. The molecule has 24 heavy (non-hydrogen) atoms. The minimum atomic E-state index is -0.818. The highest BCUT2D eigenvalue weighted by Gasteiger charge is 2.38. The number of nitrogens with zero attached hydrogens (tertiary/aromatic N) is 3. The van der Waals surface area contributed by atoms with Gasteiger partial charge in [0.2, 0.25) is 0 Å².